The average molecular weight is 364 g/mol. The predicted molar refractivity (Wildman–Crippen MR) is 99.2 cm³/mol. The first-order valence-electron chi connectivity index (χ1n) is 8.11. The monoisotopic (exact) mass is 364 g/mol. The van der Waals surface area contributed by atoms with Gasteiger partial charge >= 0.3 is 0 Å². The SMILES string of the molecule is c1ccc(COc2ccc(OCc3nc(-c4ccsc4)no3)cc2)cc1. The van der Waals surface area contributed by atoms with Gasteiger partial charge in [0.1, 0.15) is 18.1 Å². The standard InChI is InChI=1S/C20H16N2O3S/c1-2-4-15(5-3-1)12-23-17-6-8-18(9-7-17)24-13-19-21-20(22-25-19)16-10-11-26-14-16/h1-11,14H,12-13H2. The van der Waals surface area contributed by atoms with Crippen molar-refractivity contribution in [3.63, 3.8) is 0 Å². The molecular weight excluding hydrogens is 348 g/mol. The van der Waals surface area contributed by atoms with E-state index in [1.54, 1.807) is 11.3 Å². The molecule has 0 unspecified atom stereocenters. The van der Waals surface area contributed by atoms with Gasteiger partial charge in [0, 0.05) is 10.9 Å². The molecule has 0 spiro atoms. The maximum atomic E-state index is 5.76. The summed E-state index contributed by atoms with van der Waals surface area (Å²) in [5.41, 5.74) is 2.08. The van der Waals surface area contributed by atoms with Crippen molar-refractivity contribution in [1.82, 2.24) is 10.1 Å². The van der Waals surface area contributed by atoms with Crippen LogP contribution in [0.15, 0.2) is 75.9 Å². The lowest BCUT2D eigenvalue weighted by molar-refractivity contribution is 0.242. The number of rotatable bonds is 7. The second-order valence-electron chi connectivity index (χ2n) is 5.56. The molecule has 5 nitrogen and oxygen atoms in total. The third-order valence-corrected chi connectivity index (χ3v) is 4.37. The third-order valence-electron chi connectivity index (χ3n) is 3.68. The van der Waals surface area contributed by atoms with E-state index in [9.17, 15) is 0 Å². The maximum Gasteiger partial charge on any atom is 0.264 e. The molecule has 4 rings (SSSR count). The fraction of sp³-hybridized carbons (Fsp3) is 0.100. The van der Waals surface area contributed by atoms with E-state index >= 15 is 0 Å². The van der Waals surface area contributed by atoms with E-state index in [-0.39, 0.29) is 6.61 Å². The van der Waals surface area contributed by atoms with Crippen molar-refractivity contribution in [1.29, 1.82) is 0 Å². The number of hydrogen-bond donors (Lipinski definition) is 0. The lowest BCUT2D eigenvalue weighted by Gasteiger charge is -2.07. The molecule has 0 amide bonds. The van der Waals surface area contributed by atoms with Gasteiger partial charge in [-0.1, -0.05) is 35.5 Å². The van der Waals surface area contributed by atoms with Gasteiger partial charge in [-0.05, 0) is 41.3 Å². The zero-order chi connectivity index (χ0) is 17.6. The van der Waals surface area contributed by atoms with Crippen molar-refractivity contribution in [2.75, 3.05) is 0 Å². The van der Waals surface area contributed by atoms with E-state index in [0.29, 0.717) is 24.1 Å². The van der Waals surface area contributed by atoms with Crippen molar-refractivity contribution in [2.24, 2.45) is 0 Å². The van der Waals surface area contributed by atoms with E-state index in [1.807, 2.05) is 71.4 Å². The van der Waals surface area contributed by atoms with Crippen molar-refractivity contribution >= 4 is 11.3 Å². The minimum Gasteiger partial charge on any atom is -0.489 e. The van der Waals surface area contributed by atoms with Gasteiger partial charge < -0.3 is 14.0 Å². The van der Waals surface area contributed by atoms with Gasteiger partial charge in [-0.3, -0.25) is 0 Å². The number of benzene rings is 2. The molecule has 0 aliphatic carbocycles. The molecule has 6 heteroatoms. The molecule has 0 N–H and O–H groups in total. The van der Waals surface area contributed by atoms with E-state index < -0.39 is 0 Å². The van der Waals surface area contributed by atoms with Crippen molar-refractivity contribution in [2.45, 2.75) is 13.2 Å². The Balaban J connectivity index is 1.30. The first kappa shape index (κ1) is 16.4. The van der Waals surface area contributed by atoms with Crippen molar-refractivity contribution in [3.05, 3.63) is 82.9 Å². The Kier molecular flexibility index (Phi) is 4.93. The lowest BCUT2D eigenvalue weighted by Crippen LogP contribution is -1.97. The smallest absolute Gasteiger partial charge is 0.264 e. The van der Waals surface area contributed by atoms with Crippen LogP contribution in [0.25, 0.3) is 11.4 Å². The zero-order valence-electron chi connectivity index (χ0n) is 13.9. The summed E-state index contributed by atoms with van der Waals surface area (Å²) in [7, 11) is 0. The van der Waals surface area contributed by atoms with Crippen LogP contribution in [0, 0.1) is 0 Å². The van der Waals surface area contributed by atoms with Crippen LogP contribution >= 0.6 is 11.3 Å². The molecule has 0 aliphatic heterocycles. The Morgan fingerprint density at radius 2 is 1.58 bits per heavy atom. The highest BCUT2D eigenvalue weighted by atomic mass is 32.1. The van der Waals surface area contributed by atoms with E-state index in [0.717, 1.165) is 16.9 Å². The molecule has 2 aromatic carbocycles. The van der Waals surface area contributed by atoms with Gasteiger partial charge in [0.2, 0.25) is 5.82 Å². The average Bonchev–Trinajstić information content (AvgIpc) is 3.38. The summed E-state index contributed by atoms with van der Waals surface area (Å²) in [4.78, 5) is 4.33. The van der Waals surface area contributed by atoms with Crippen LogP contribution in [0.5, 0.6) is 11.5 Å². The highest BCUT2D eigenvalue weighted by molar-refractivity contribution is 7.08. The molecule has 2 heterocycles. The number of thiophene rings is 1. The predicted octanol–water partition coefficient (Wildman–Crippen LogP) is 4.96. The number of hydrogen-bond acceptors (Lipinski definition) is 6. The van der Waals surface area contributed by atoms with Gasteiger partial charge in [-0.2, -0.15) is 16.3 Å². The molecule has 0 radical (unpaired) electrons. The minimum absolute atomic E-state index is 0.224. The van der Waals surface area contributed by atoms with E-state index in [4.69, 9.17) is 14.0 Å². The van der Waals surface area contributed by atoms with Gasteiger partial charge in [0.05, 0.1) is 0 Å². The number of ether oxygens (including phenoxy) is 2. The Labute approximate surface area is 154 Å². The van der Waals surface area contributed by atoms with Gasteiger partial charge in [0.15, 0.2) is 6.61 Å². The maximum absolute atomic E-state index is 5.76. The minimum atomic E-state index is 0.224. The van der Waals surface area contributed by atoms with Gasteiger partial charge in [-0.25, -0.2) is 0 Å². The lowest BCUT2D eigenvalue weighted by atomic mass is 10.2. The molecule has 0 fully saturated rings. The summed E-state index contributed by atoms with van der Waals surface area (Å²) in [6, 6.07) is 19.5. The third kappa shape index (κ3) is 4.10. The molecule has 2 aromatic heterocycles. The fourth-order valence-electron chi connectivity index (χ4n) is 2.34. The summed E-state index contributed by atoms with van der Waals surface area (Å²) in [5, 5.41) is 7.91. The quantitative estimate of drug-likeness (QED) is 0.464. The molecule has 26 heavy (non-hydrogen) atoms. The Morgan fingerprint density at radius 3 is 2.27 bits per heavy atom. The van der Waals surface area contributed by atoms with Crippen LogP contribution in [0.4, 0.5) is 0 Å². The summed E-state index contributed by atoms with van der Waals surface area (Å²) in [5.74, 6) is 2.52. The summed E-state index contributed by atoms with van der Waals surface area (Å²) in [6.07, 6.45) is 0. The van der Waals surface area contributed by atoms with E-state index in [1.165, 1.54) is 0 Å². The Hall–Kier alpha value is -3.12. The molecule has 0 atom stereocenters. The van der Waals surface area contributed by atoms with Crippen molar-refractivity contribution in [3.8, 4) is 22.9 Å². The Bertz CT molecular complexity index is 935. The van der Waals surface area contributed by atoms with Crippen LogP contribution < -0.4 is 9.47 Å². The molecule has 0 aliphatic rings. The second-order valence-corrected chi connectivity index (χ2v) is 6.34. The van der Waals surface area contributed by atoms with Crippen LogP contribution in [0.2, 0.25) is 0 Å². The highest BCUT2D eigenvalue weighted by Gasteiger charge is 2.09. The van der Waals surface area contributed by atoms with Crippen LogP contribution in [-0.2, 0) is 13.2 Å². The molecule has 0 saturated heterocycles. The van der Waals surface area contributed by atoms with Crippen LogP contribution in [0.1, 0.15) is 11.5 Å². The first-order chi connectivity index (χ1) is 12.9. The molecule has 4 aromatic rings. The number of aromatic nitrogens is 2. The topological polar surface area (TPSA) is 57.4 Å². The molecule has 0 bridgehead atoms. The first-order valence-corrected chi connectivity index (χ1v) is 9.06. The normalized spacial score (nSPS) is 10.6. The summed E-state index contributed by atoms with van der Waals surface area (Å²) >= 11 is 1.59. The second kappa shape index (κ2) is 7.84. The largest absolute Gasteiger partial charge is 0.489 e. The molecule has 0 saturated carbocycles. The van der Waals surface area contributed by atoms with Crippen molar-refractivity contribution < 1.29 is 14.0 Å². The molecular formula is C20H16N2O3S. The summed E-state index contributed by atoms with van der Waals surface area (Å²) < 4.78 is 16.7. The Morgan fingerprint density at radius 1 is 0.846 bits per heavy atom. The van der Waals surface area contributed by atoms with Crippen LogP contribution in [-0.4, -0.2) is 10.1 Å². The van der Waals surface area contributed by atoms with Crippen LogP contribution in [0.3, 0.4) is 0 Å². The molecule has 130 valence electrons. The van der Waals surface area contributed by atoms with E-state index in [2.05, 4.69) is 10.1 Å². The summed E-state index contributed by atoms with van der Waals surface area (Å²) in [6.45, 7) is 0.760. The van der Waals surface area contributed by atoms with Gasteiger partial charge in [0.25, 0.3) is 5.89 Å². The fourth-order valence-corrected chi connectivity index (χ4v) is 2.97. The zero-order valence-corrected chi connectivity index (χ0v) is 14.7. The number of nitrogens with zero attached hydrogens (tertiary/aromatic N) is 2. The highest BCUT2D eigenvalue weighted by Crippen LogP contribution is 2.21. The van der Waals surface area contributed by atoms with Gasteiger partial charge in [-0.15, -0.1) is 0 Å².